The lowest BCUT2D eigenvalue weighted by atomic mass is 10.0. The molecular weight excluding hydrogens is 224 g/mol. The maximum atomic E-state index is 6.17. The van der Waals surface area contributed by atoms with Gasteiger partial charge in [0.15, 0.2) is 0 Å². The van der Waals surface area contributed by atoms with Crippen molar-refractivity contribution in [1.82, 2.24) is 5.32 Å². The number of nitrogens with one attached hydrogen (secondary N) is 1. The smallest absolute Gasteiger partial charge is 0.0779 e. The van der Waals surface area contributed by atoms with Crippen molar-refractivity contribution in [3.63, 3.8) is 0 Å². The Balaban J connectivity index is 1.77. The summed E-state index contributed by atoms with van der Waals surface area (Å²) in [5.41, 5.74) is 8.63. The molecule has 2 unspecified atom stereocenters. The van der Waals surface area contributed by atoms with Crippen LogP contribution in [0.2, 0.25) is 0 Å². The first-order chi connectivity index (χ1) is 8.59. The van der Waals surface area contributed by atoms with Crippen LogP contribution in [0, 0.1) is 6.92 Å². The van der Waals surface area contributed by atoms with Gasteiger partial charge in [-0.1, -0.05) is 29.8 Å². The lowest BCUT2D eigenvalue weighted by molar-refractivity contribution is 0.0208. The van der Waals surface area contributed by atoms with E-state index in [4.69, 9.17) is 10.5 Å². The minimum Gasteiger partial charge on any atom is -0.374 e. The van der Waals surface area contributed by atoms with Gasteiger partial charge in [0, 0.05) is 25.7 Å². The second kappa shape index (κ2) is 5.83. The van der Waals surface area contributed by atoms with Gasteiger partial charge in [0.05, 0.1) is 5.60 Å². The van der Waals surface area contributed by atoms with Gasteiger partial charge in [0.1, 0.15) is 0 Å². The van der Waals surface area contributed by atoms with E-state index in [1.165, 1.54) is 17.5 Å². The molecular formula is C15H24N2O. The van der Waals surface area contributed by atoms with E-state index in [0.717, 1.165) is 26.1 Å². The molecule has 0 saturated carbocycles. The van der Waals surface area contributed by atoms with Gasteiger partial charge in [-0.05, 0) is 32.3 Å². The molecule has 1 fully saturated rings. The van der Waals surface area contributed by atoms with Crippen molar-refractivity contribution in [2.45, 2.75) is 38.3 Å². The Morgan fingerprint density at radius 3 is 2.72 bits per heavy atom. The summed E-state index contributed by atoms with van der Waals surface area (Å²) in [7, 11) is 0. The van der Waals surface area contributed by atoms with Crippen molar-refractivity contribution < 1.29 is 4.74 Å². The zero-order valence-corrected chi connectivity index (χ0v) is 11.4. The fourth-order valence-corrected chi connectivity index (χ4v) is 2.40. The quantitative estimate of drug-likeness (QED) is 0.839. The van der Waals surface area contributed by atoms with E-state index < -0.39 is 0 Å². The number of nitrogens with two attached hydrogens (primary N) is 1. The molecule has 0 radical (unpaired) electrons. The Kier molecular flexibility index (Phi) is 4.38. The SMILES string of the molecule is Cc1ccc(C(N)CNCC2(C)CCCO2)cc1. The Morgan fingerprint density at radius 2 is 2.11 bits per heavy atom. The van der Waals surface area contributed by atoms with Gasteiger partial charge in [-0.3, -0.25) is 0 Å². The summed E-state index contributed by atoms with van der Waals surface area (Å²) in [4.78, 5) is 0. The topological polar surface area (TPSA) is 47.3 Å². The summed E-state index contributed by atoms with van der Waals surface area (Å²) in [6, 6.07) is 8.48. The first kappa shape index (κ1) is 13.5. The van der Waals surface area contributed by atoms with Crippen molar-refractivity contribution in [2.75, 3.05) is 19.7 Å². The Bertz CT molecular complexity index is 369. The molecule has 2 rings (SSSR count). The van der Waals surface area contributed by atoms with E-state index in [-0.39, 0.29) is 11.6 Å². The van der Waals surface area contributed by atoms with Crippen molar-refractivity contribution in [1.29, 1.82) is 0 Å². The zero-order valence-electron chi connectivity index (χ0n) is 11.4. The molecule has 0 bridgehead atoms. The lowest BCUT2D eigenvalue weighted by Crippen LogP contribution is -2.40. The van der Waals surface area contributed by atoms with E-state index in [1.54, 1.807) is 0 Å². The molecule has 18 heavy (non-hydrogen) atoms. The van der Waals surface area contributed by atoms with E-state index in [2.05, 4.69) is 43.4 Å². The van der Waals surface area contributed by atoms with Gasteiger partial charge in [-0.2, -0.15) is 0 Å². The molecule has 1 aromatic rings. The molecule has 3 N–H and O–H groups in total. The summed E-state index contributed by atoms with van der Waals surface area (Å²) in [6.07, 6.45) is 2.31. The van der Waals surface area contributed by atoms with Crippen molar-refractivity contribution >= 4 is 0 Å². The summed E-state index contributed by atoms with van der Waals surface area (Å²) in [6.45, 7) is 6.83. The molecule has 1 aliphatic heterocycles. The highest BCUT2D eigenvalue weighted by Crippen LogP contribution is 2.24. The second-order valence-electron chi connectivity index (χ2n) is 5.55. The molecule has 0 spiro atoms. The molecule has 0 aliphatic carbocycles. The van der Waals surface area contributed by atoms with Crippen LogP contribution in [0.3, 0.4) is 0 Å². The number of rotatable bonds is 5. The highest BCUT2D eigenvalue weighted by Gasteiger charge is 2.29. The Morgan fingerprint density at radius 1 is 1.39 bits per heavy atom. The highest BCUT2D eigenvalue weighted by atomic mass is 16.5. The van der Waals surface area contributed by atoms with Gasteiger partial charge in [-0.25, -0.2) is 0 Å². The number of benzene rings is 1. The monoisotopic (exact) mass is 248 g/mol. The number of aryl methyl sites for hydroxylation is 1. The van der Waals surface area contributed by atoms with Gasteiger partial charge >= 0.3 is 0 Å². The van der Waals surface area contributed by atoms with Crippen LogP contribution in [0.5, 0.6) is 0 Å². The van der Waals surface area contributed by atoms with E-state index in [1.807, 2.05) is 0 Å². The summed E-state index contributed by atoms with van der Waals surface area (Å²) in [5, 5.41) is 3.43. The average molecular weight is 248 g/mol. The van der Waals surface area contributed by atoms with Crippen LogP contribution in [-0.4, -0.2) is 25.3 Å². The van der Waals surface area contributed by atoms with Gasteiger partial charge in [-0.15, -0.1) is 0 Å². The summed E-state index contributed by atoms with van der Waals surface area (Å²) in [5.74, 6) is 0. The highest BCUT2D eigenvalue weighted by molar-refractivity contribution is 5.24. The van der Waals surface area contributed by atoms with Crippen molar-refractivity contribution in [3.8, 4) is 0 Å². The van der Waals surface area contributed by atoms with Gasteiger partial charge in [0.2, 0.25) is 0 Å². The molecule has 1 heterocycles. The number of ether oxygens (including phenoxy) is 1. The van der Waals surface area contributed by atoms with E-state index in [9.17, 15) is 0 Å². The van der Waals surface area contributed by atoms with Crippen LogP contribution >= 0.6 is 0 Å². The first-order valence-corrected chi connectivity index (χ1v) is 6.76. The fraction of sp³-hybridized carbons (Fsp3) is 0.600. The minimum absolute atomic E-state index is 0.00694. The average Bonchev–Trinajstić information content (AvgIpc) is 2.77. The zero-order chi connectivity index (χ0) is 13.0. The third kappa shape index (κ3) is 3.55. The molecule has 2 atom stereocenters. The van der Waals surface area contributed by atoms with Crippen molar-refractivity contribution in [2.24, 2.45) is 5.73 Å². The molecule has 1 aliphatic rings. The first-order valence-electron chi connectivity index (χ1n) is 6.76. The number of hydrogen-bond donors (Lipinski definition) is 2. The molecule has 3 nitrogen and oxygen atoms in total. The van der Waals surface area contributed by atoms with Crippen LogP contribution in [0.1, 0.15) is 36.9 Å². The van der Waals surface area contributed by atoms with E-state index >= 15 is 0 Å². The predicted octanol–water partition coefficient (Wildman–Crippen LogP) is 2.15. The third-order valence-corrected chi connectivity index (χ3v) is 3.67. The largest absolute Gasteiger partial charge is 0.374 e. The molecule has 3 heteroatoms. The Labute approximate surface area is 110 Å². The van der Waals surface area contributed by atoms with Crippen molar-refractivity contribution in [3.05, 3.63) is 35.4 Å². The standard InChI is InChI=1S/C15H24N2O/c1-12-4-6-13(7-5-12)14(16)10-17-11-15(2)8-3-9-18-15/h4-7,14,17H,3,8-11,16H2,1-2H3. The molecule has 0 aromatic heterocycles. The fourth-order valence-electron chi connectivity index (χ4n) is 2.40. The summed E-state index contributed by atoms with van der Waals surface area (Å²) < 4.78 is 5.74. The lowest BCUT2D eigenvalue weighted by Gasteiger charge is -2.24. The summed E-state index contributed by atoms with van der Waals surface area (Å²) >= 11 is 0. The maximum Gasteiger partial charge on any atom is 0.0779 e. The van der Waals surface area contributed by atoms with Gasteiger partial charge in [0.25, 0.3) is 0 Å². The van der Waals surface area contributed by atoms with Gasteiger partial charge < -0.3 is 15.8 Å². The van der Waals surface area contributed by atoms with E-state index in [0.29, 0.717) is 0 Å². The molecule has 100 valence electrons. The molecule has 0 amide bonds. The predicted molar refractivity (Wildman–Crippen MR) is 74.6 cm³/mol. The van der Waals surface area contributed by atoms with Crippen LogP contribution in [0.4, 0.5) is 0 Å². The van der Waals surface area contributed by atoms with Crippen LogP contribution < -0.4 is 11.1 Å². The Hall–Kier alpha value is -0.900. The van der Waals surface area contributed by atoms with Crippen LogP contribution in [0.15, 0.2) is 24.3 Å². The molecule has 1 aromatic carbocycles. The molecule has 1 saturated heterocycles. The van der Waals surface area contributed by atoms with Crippen LogP contribution in [-0.2, 0) is 4.74 Å². The van der Waals surface area contributed by atoms with Crippen LogP contribution in [0.25, 0.3) is 0 Å². The maximum absolute atomic E-state index is 6.17. The number of hydrogen-bond acceptors (Lipinski definition) is 3. The normalized spacial score (nSPS) is 25.3. The third-order valence-electron chi connectivity index (χ3n) is 3.67. The second-order valence-corrected chi connectivity index (χ2v) is 5.55. The minimum atomic E-state index is 0.00694.